The molecule has 0 atom stereocenters. The molecule has 0 unspecified atom stereocenters. The highest BCUT2D eigenvalue weighted by Gasteiger charge is 2.29. The van der Waals surface area contributed by atoms with Crippen molar-refractivity contribution in [3.63, 3.8) is 0 Å². The van der Waals surface area contributed by atoms with Crippen LogP contribution in [0.15, 0.2) is 361 Å². The monoisotopic (exact) mass is 1400 g/mol. The third-order valence-corrected chi connectivity index (χ3v) is 22.7. The lowest BCUT2D eigenvalue weighted by Gasteiger charge is -2.14. The van der Waals surface area contributed by atoms with E-state index in [-0.39, 0.29) is 0 Å². The minimum absolute atomic E-state index is 0.620. The number of benzene rings is 16. The summed E-state index contributed by atoms with van der Waals surface area (Å²) in [4.78, 5) is 21.8. The lowest BCUT2D eigenvalue weighted by atomic mass is 9.96. The molecule has 110 heavy (non-hydrogen) atoms. The van der Waals surface area contributed by atoms with Crippen molar-refractivity contribution in [3.8, 4) is 79.2 Å². The first-order valence-corrected chi connectivity index (χ1v) is 37.3. The summed E-state index contributed by atoms with van der Waals surface area (Å²) < 4.78 is 23.8. The topological polar surface area (TPSA) is 97.6 Å². The molecular formula is C100H58N8O2. The number of aromatic nitrogens is 8. The van der Waals surface area contributed by atoms with Gasteiger partial charge >= 0.3 is 0 Å². The molecule has 0 fully saturated rings. The second-order valence-corrected chi connectivity index (χ2v) is 28.7. The summed E-state index contributed by atoms with van der Waals surface area (Å²) in [5, 5.41) is 15.2. The van der Waals surface area contributed by atoms with Gasteiger partial charge in [0.1, 0.15) is 11.2 Å². The molecule has 0 radical (unpaired) electrons. The Morgan fingerprint density at radius 3 is 1.24 bits per heavy atom. The minimum atomic E-state index is 0.620. The minimum Gasteiger partial charge on any atom is -0.454 e. The van der Waals surface area contributed by atoms with E-state index in [0.29, 0.717) is 11.6 Å². The smallest absolute Gasteiger partial charge is 0.160 e. The summed E-state index contributed by atoms with van der Waals surface area (Å²) in [5.74, 6) is 1.28. The van der Waals surface area contributed by atoms with Crippen LogP contribution in [0.5, 0.6) is 0 Å². The second kappa shape index (κ2) is 23.2. The van der Waals surface area contributed by atoms with Gasteiger partial charge in [0, 0.05) is 120 Å². The zero-order valence-electron chi connectivity index (χ0n) is 58.9. The fourth-order valence-electron chi connectivity index (χ4n) is 18.0. The molecule has 16 aromatic carbocycles. The Kier molecular flexibility index (Phi) is 12.7. The molecule has 510 valence electrons. The van der Waals surface area contributed by atoms with Gasteiger partial charge in [-0.1, -0.05) is 237 Å². The number of hydrogen-bond donors (Lipinski definition) is 0. The Balaban J connectivity index is 0.717. The summed E-state index contributed by atoms with van der Waals surface area (Å²) >= 11 is 0. The van der Waals surface area contributed by atoms with E-state index in [9.17, 15) is 0 Å². The highest BCUT2D eigenvalue weighted by atomic mass is 16.3. The Labute approximate surface area is 627 Å². The van der Waals surface area contributed by atoms with Gasteiger partial charge in [0.25, 0.3) is 0 Å². The fourth-order valence-corrected chi connectivity index (χ4v) is 18.0. The predicted molar refractivity (Wildman–Crippen MR) is 452 cm³/mol. The molecule has 0 bridgehead atoms. The lowest BCUT2D eigenvalue weighted by Crippen LogP contribution is -2.00. The van der Waals surface area contributed by atoms with E-state index >= 15 is 0 Å². The summed E-state index contributed by atoms with van der Waals surface area (Å²) in [5.41, 5.74) is 25.3. The van der Waals surface area contributed by atoms with E-state index in [0.717, 1.165) is 220 Å². The van der Waals surface area contributed by atoms with E-state index in [1.807, 2.05) is 24.3 Å². The van der Waals surface area contributed by atoms with Gasteiger partial charge in [0.05, 0.1) is 66.6 Å². The van der Waals surface area contributed by atoms with Crippen LogP contribution < -0.4 is 0 Å². The molecule has 0 saturated heterocycles. The summed E-state index contributed by atoms with van der Waals surface area (Å²) in [7, 11) is 0. The van der Waals surface area contributed by atoms with Gasteiger partial charge < -0.3 is 27.1 Å². The standard InChI is InChI=1S/C100H58N8O2/c1-5-23-59(24-6-1)89-79-36-13-17-38-82(79)101-99(103-89)61-43-46-66(47-44-61)108-93-74(76-52-55-78-71-35-16-20-42-87(71)110-98(78)96(76)108)53-56-81-88-68(37-22-40-85(88)105(94(81)93)64-28-9-3-10-29-64)62-45-48-80-83(58-62)102-100(104-90(80)60-25-7-2-8-26-60)63-27-21-32-67(57-63)106-84-39-18-14-33-69(84)72-49-50-73-75-51-54-77-70-34-15-19-41-86(70)109-97(77)95(75)107(92(73)91(72)106)65-30-11-4-12-31-65/h1-58H. The number of rotatable bonds is 9. The molecule has 8 heterocycles. The van der Waals surface area contributed by atoms with Crippen molar-refractivity contribution in [1.29, 1.82) is 0 Å². The van der Waals surface area contributed by atoms with Gasteiger partial charge in [-0.15, -0.1) is 0 Å². The van der Waals surface area contributed by atoms with E-state index in [1.165, 1.54) is 0 Å². The average molecular weight is 1400 g/mol. The maximum absolute atomic E-state index is 7.07. The molecule has 0 aliphatic rings. The van der Waals surface area contributed by atoms with Crippen LogP contribution in [0.3, 0.4) is 0 Å². The number of fused-ring (bicyclic) bond motifs is 24. The normalized spacial score (nSPS) is 12.2. The molecular weight excluding hydrogens is 1350 g/mol. The zero-order chi connectivity index (χ0) is 71.8. The largest absolute Gasteiger partial charge is 0.454 e. The van der Waals surface area contributed by atoms with Gasteiger partial charge in [-0.2, -0.15) is 0 Å². The van der Waals surface area contributed by atoms with Crippen molar-refractivity contribution in [2.75, 3.05) is 0 Å². The third kappa shape index (κ3) is 8.75. The number of hydrogen-bond acceptors (Lipinski definition) is 6. The van der Waals surface area contributed by atoms with Crippen LogP contribution in [-0.4, -0.2) is 38.2 Å². The molecule has 0 aliphatic heterocycles. The van der Waals surface area contributed by atoms with Crippen LogP contribution in [-0.2, 0) is 0 Å². The van der Waals surface area contributed by atoms with Crippen LogP contribution in [0.25, 0.3) is 232 Å². The highest BCUT2D eigenvalue weighted by Crippen LogP contribution is 2.50. The van der Waals surface area contributed by atoms with Crippen LogP contribution in [0, 0.1) is 0 Å². The first-order chi connectivity index (χ1) is 54.6. The summed E-state index contributed by atoms with van der Waals surface area (Å²) in [6.45, 7) is 0. The van der Waals surface area contributed by atoms with E-state index in [4.69, 9.17) is 28.8 Å². The molecule has 24 rings (SSSR count). The fraction of sp³-hybridized carbons (Fsp3) is 0. The van der Waals surface area contributed by atoms with Gasteiger partial charge in [-0.05, 0) is 126 Å². The third-order valence-electron chi connectivity index (χ3n) is 22.7. The first-order valence-electron chi connectivity index (χ1n) is 37.3. The van der Waals surface area contributed by atoms with E-state index in [1.54, 1.807) is 0 Å². The Hall–Kier alpha value is -15.0. The zero-order valence-corrected chi connectivity index (χ0v) is 58.9. The van der Waals surface area contributed by atoms with Gasteiger partial charge in [-0.25, -0.2) is 19.9 Å². The molecule has 10 heteroatoms. The predicted octanol–water partition coefficient (Wildman–Crippen LogP) is 26.1. The number of para-hydroxylation sites is 6. The Bertz CT molecular complexity index is 8010. The molecule has 8 aromatic heterocycles. The Morgan fingerprint density at radius 1 is 0.209 bits per heavy atom. The molecule has 0 spiro atoms. The SMILES string of the molecule is c1ccc(-c2nc(-c3ccc(-n4c5c(ccc6c7ccccc7oc65)c5ccc6c7c(-c8ccc9c(-c%10ccccc%10)nc(-c%10cccc(-n%11c%12ccccc%12c%12ccc%13c%14ccc%15c%16ccccc%16oc%15c%14n(-c%14ccccc%14)c%13c%12%11)c%10)nc9c8)cccc7n(-c7ccccc7)c6c54)cc3)nc3ccccc23)cc1. The van der Waals surface area contributed by atoms with Crippen molar-refractivity contribution in [2.24, 2.45) is 0 Å². The molecule has 0 aliphatic carbocycles. The maximum atomic E-state index is 7.07. The number of furan rings is 2. The van der Waals surface area contributed by atoms with Crippen molar-refractivity contribution < 1.29 is 8.83 Å². The van der Waals surface area contributed by atoms with Crippen molar-refractivity contribution in [1.82, 2.24) is 38.2 Å². The summed E-state index contributed by atoms with van der Waals surface area (Å²) in [6.07, 6.45) is 0. The van der Waals surface area contributed by atoms with Gasteiger partial charge in [0.15, 0.2) is 22.8 Å². The van der Waals surface area contributed by atoms with Crippen LogP contribution >= 0.6 is 0 Å². The lowest BCUT2D eigenvalue weighted by molar-refractivity contribution is 0.670. The molecule has 0 amide bonds. The van der Waals surface area contributed by atoms with Crippen LogP contribution in [0.1, 0.15) is 0 Å². The molecule has 0 saturated carbocycles. The van der Waals surface area contributed by atoms with Crippen molar-refractivity contribution in [3.05, 3.63) is 352 Å². The first kappa shape index (κ1) is 60.3. The van der Waals surface area contributed by atoms with Crippen molar-refractivity contribution in [2.45, 2.75) is 0 Å². The second-order valence-electron chi connectivity index (χ2n) is 28.7. The van der Waals surface area contributed by atoms with Gasteiger partial charge in [-0.3, -0.25) is 0 Å². The molecule has 0 N–H and O–H groups in total. The van der Waals surface area contributed by atoms with Crippen LogP contribution in [0.4, 0.5) is 0 Å². The molecule has 24 aromatic rings. The highest BCUT2D eigenvalue weighted by molar-refractivity contribution is 6.31. The maximum Gasteiger partial charge on any atom is 0.160 e. The number of nitrogens with zero attached hydrogens (tertiary/aromatic N) is 8. The molecule has 10 nitrogen and oxygen atoms in total. The Morgan fingerprint density at radius 2 is 0.609 bits per heavy atom. The summed E-state index contributed by atoms with van der Waals surface area (Å²) in [6, 6.07) is 126. The van der Waals surface area contributed by atoms with E-state index in [2.05, 4.69) is 346 Å². The average Bonchev–Trinajstić information content (AvgIpc) is 1.53. The van der Waals surface area contributed by atoms with Crippen molar-refractivity contribution >= 4 is 153 Å². The quantitative estimate of drug-likeness (QED) is 0.143. The van der Waals surface area contributed by atoms with Crippen LogP contribution in [0.2, 0.25) is 0 Å². The van der Waals surface area contributed by atoms with E-state index < -0.39 is 0 Å². The van der Waals surface area contributed by atoms with Gasteiger partial charge in [0.2, 0.25) is 0 Å².